The molecular formula is C18H17N3O. The highest BCUT2D eigenvalue weighted by Gasteiger charge is 2.14. The van der Waals surface area contributed by atoms with Gasteiger partial charge in [-0.25, -0.2) is 4.98 Å². The summed E-state index contributed by atoms with van der Waals surface area (Å²) in [5.41, 5.74) is 5.50. The molecule has 0 aliphatic rings. The number of hydrogen-bond acceptors (Lipinski definition) is 2. The number of benzene rings is 2. The summed E-state index contributed by atoms with van der Waals surface area (Å²) in [7, 11) is 0. The van der Waals surface area contributed by atoms with Crippen LogP contribution in [-0.2, 0) is 6.54 Å². The summed E-state index contributed by atoms with van der Waals surface area (Å²) in [6, 6.07) is 16.5. The fourth-order valence-electron chi connectivity index (χ4n) is 2.92. The van der Waals surface area contributed by atoms with E-state index in [2.05, 4.69) is 52.4 Å². The molecule has 4 rings (SSSR count). The first kappa shape index (κ1) is 13.1. The monoisotopic (exact) mass is 291 g/mol. The highest BCUT2D eigenvalue weighted by molar-refractivity contribution is 5.81. The Hall–Kier alpha value is -2.59. The van der Waals surface area contributed by atoms with Gasteiger partial charge in [0.15, 0.2) is 0 Å². The molecule has 2 aromatic carbocycles. The Morgan fingerprint density at radius 1 is 1.05 bits per heavy atom. The van der Waals surface area contributed by atoms with Crippen LogP contribution in [0.5, 0.6) is 0 Å². The fraction of sp³-hybridized carbons (Fsp3) is 0.167. The number of para-hydroxylation sites is 2. The van der Waals surface area contributed by atoms with E-state index in [-0.39, 0.29) is 6.61 Å². The van der Waals surface area contributed by atoms with E-state index in [9.17, 15) is 5.11 Å². The van der Waals surface area contributed by atoms with Crippen LogP contribution in [0.3, 0.4) is 0 Å². The van der Waals surface area contributed by atoms with Gasteiger partial charge >= 0.3 is 0 Å². The van der Waals surface area contributed by atoms with Crippen molar-refractivity contribution in [1.82, 2.24) is 14.0 Å². The van der Waals surface area contributed by atoms with Crippen LogP contribution in [0.25, 0.3) is 28.1 Å². The van der Waals surface area contributed by atoms with Crippen LogP contribution in [0.2, 0.25) is 0 Å². The van der Waals surface area contributed by atoms with Gasteiger partial charge in [0.1, 0.15) is 0 Å². The van der Waals surface area contributed by atoms with Crippen molar-refractivity contribution in [3.63, 3.8) is 0 Å². The van der Waals surface area contributed by atoms with Crippen molar-refractivity contribution < 1.29 is 5.11 Å². The van der Waals surface area contributed by atoms with Gasteiger partial charge in [-0.2, -0.15) is 0 Å². The summed E-state index contributed by atoms with van der Waals surface area (Å²) < 4.78 is 4.17. The molecule has 4 heteroatoms. The summed E-state index contributed by atoms with van der Waals surface area (Å²) in [6.45, 7) is 2.70. The second-order valence-electron chi connectivity index (χ2n) is 5.53. The number of imidazole rings is 2. The molecule has 0 fully saturated rings. The predicted octanol–water partition coefficient (Wildman–Crippen LogP) is 3.26. The molecule has 0 spiro atoms. The normalized spacial score (nSPS) is 11.5. The molecular weight excluding hydrogens is 274 g/mol. The summed E-state index contributed by atoms with van der Waals surface area (Å²) in [5.74, 6) is 0.867. The zero-order chi connectivity index (χ0) is 15.1. The standard InChI is InChI=1S/C18H17N3O/c1-13-6-8-14(9-7-13)17-12-21-16-5-3-2-4-15(16)19-18(21)20(17)10-11-22/h2-9,12,22H,10-11H2,1H3. The van der Waals surface area contributed by atoms with Crippen molar-refractivity contribution in [3.8, 4) is 11.3 Å². The van der Waals surface area contributed by atoms with Gasteiger partial charge < -0.3 is 9.67 Å². The second-order valence-corrected chi connectivity index (χ2v) is 5.53. The van der Waals surface area contributed by atoms with Gasteiger partial charge in [0, 0.05) is 12.7 Å². The molecule has 4 aromatic rings. The Labute approximate surface area is 128 Å². The van der Waals surface area contributed by atoms with Gasteiger partial charge in [-0.05, 0) is 24.6 Å². The number of aliphatic hydroxyl groups is 1. The summed E-state index contributed by atoms with van der Waals surface area (Å²) in [4.78, 5) is 4.71. The predicted molar refractivity (Wildman–Crippen MR) is 87.9 cm³/mol. The van der Waals surface area contributed by atoms with E-state index in [0.29, 0.717) is 6.54 Å². The maximum absolute atomic E-state index is 9.43. The van der Waals surface area contributed by atoms with Crippen molar-refractivity contribution >= 4 is 16.8 Å². The lowest BCUT2D eigenvalue weighted by atomic mass is 10.1. The van der Waals surface area contributed by atoms with Gasteiger partial charge in [-0.1, -0.05) is 42.0 Å². The molecule has 1 N–H and O–H groups in total. The Morgan fingerprint density at radius 2 is 1.82 bits per heavy atom. The minimum absolute atomic E-state index is 0.0897. The van der Waals surface area contributed by atoms with E-state index >= 15 is 0 Å². The number of hydrogen-bond donors (Lipinski definition) is 1. The Balaban J connectivity index is 2.01. The molecule has 4 nitrogen and oxygen atoms in total. The van der Waals surface area contributed by atoms with Crippen molar-refractivity contribution in [1.29, 1.82) is 0 Å². The highest BCUT2D eigenvalue weighted by atomic mass is 16.3. The largest absolute Gasteiger partial charge is 0.395 e. The zero-order valence-corrected chi connectivity index (χ0v) is 12.4. The maximum atomic E-state index is 9.43. The van der Waals surface area contributed by atoms with E-state index in [1.165, 1.54) is 5.56 Å². The lowest BCUT2D eigenvalue weighted by Gasteiger charge is -2.07. The van der Waals surface area contributed by atoms with E-state index in [0.717, 1.165) is 28.1 Å². The molecule has 0 radical (unpaired) electrons. The van der Waals surface area contributed by atoms with Crippen LogP contribution in [-0.4, -0.2) is 25.7 Å². The number of aliphatic hydroxyl groups excluding tert-OH is 1. The average Bonchev–Trinajstić information content (AvgIpc) is 3.06. The first-order valence-corrected chi connectivity index (χ1v) is 7.42. The van der Waals surface area contributed by atoms with Crippen LogP contribution in [0.15, 0.2) is 54.7 Å². The van der Waals surface area contributed by atoms with Crippen LogP contribution < -0.4 is 0 Å². The van der Waals surface area contributed by atoms with Gasteiger partial charge in [-0.3, -0.25) is 4.40 Å². The molecule has 22 heavy (non-hydrogen) atoms. The molecule has 0 saturated carbocycles. The van der Waals surface area contributed by atoms with E-state index < -0.39 is 0 Å². The quantitative estimate of drug-likeness (QED) is 0.629. The zero-order valence-electron chi connectivity index (χ0n) is 12.4. The average molecular weight is 291 g/mol. The van der Waals surface area contributed by atoms with Crippen LogP contribution in [0, 0.1) is 6.92 Å². The Morgan fingerprint density at radius 3 is 2.59 bits per heavy atom. The molecule has 0 unspecified atom stereocenters. The fourth-order valence-corrected chi connectivity index (χ4v) is 2.92. The number of aromatic nitrogens is 3. The molecule has 0 bridgehead atoms. The first-order chi connectivity index (χ1) is 10.8. The third-order valence-corrected chi connectivity index (χ3v) is 4.03. The maximum Gasteiger partial charge on any atom is 0.215 e. The smallest absolute Gasteiger partial charge is 0.215 e. The van der Waals surface area contributed by atoms with E-state index in [1.54, 1.807) is 0 Å². The lowest BCUT2D eigenvalue weighted by Crippen LogP contribution is -2.04. The van der Waals surface area contributed by atoms with E-state index in [4.69, 9.17) is 4.98 Å². The summed E-state index contributed by atoms with van der Waals surface area (Å²) in [5, 5.41) is 9.43. The molecule has 2 heterocycles. The molecule has 0 atom stereocenters. The molecule has 0 amide bonds. The molecule has 0 saturated heterocycles. The second kappa shape index (κ2) is 5.00. The van der Waals surface area contributed by atoms with Gasteiger partial charge in [0.05, 0.1) is 23.3 Å². The highest BCUT2D eigenvalue weighted by Crippen LogP contribution is 2.26. The van der Waals surface area contributed by atoms with Crippen molar-refractivity contribution in [3.05, 3.63) is 60.3 Å². The lowest BCUT2D eigenvalue weighted by molar-refractivity contribution is 0.278. The van der Waals surface area contributed by atoms with Crippen molar-refractivity contribution in [2.24, 2.45) is 0 Å². The summed E-state index contributed by atoms with van der Waals surface area (Å²) in [6.07, 6.45) is 2.10. The third kappa shape index (κ3) is 1.92. The first-order valence-electron chi connectivity index (χ1n) is 7.42. The third-order valence-electron chi connectivity index (χ3n) is 4.03. The summed E-state index contributed by atoms with van der Waals surface area (Å²) >= 11 is 0. The molecule has 0 aliphatic carbocycles. The SMILES string of the molecule is Cc1ccc(-c2cn3c4ccccc4nc3n2CCO)cc1. The van der Waals surface area contributed by atoms with Gasteiger partial charge in [-0.15, -0.1) is 0 Å². The Bertz CT molecular complexity index is 948. The molecule has 110 valence electrons. The number of nitrogens with zero attached hydrogens (tertiary/aromatic N) is 3. The number of rotatable bonds is 3. The number of aryl methyl sites for hydroxylation is 1. The van der Waals surface area contributed by atoms with E-state index in [1.807, 2.05) is 18.2 Å². The molecule has 2 aromatic heterocycles. The van der Waals surface area contributed by atoms with Crippen molar-refractivity contribution in [2.45, 2.75) is 13.5 Å². The van der Waals surface area contributed by atoms with Gasteiger partial charge in [0.25, 0.3) is 0 Å². The molecule has 0 aliphatic heterocycles. The van der Waals surface area contributed by atoms with Crippen molar-refractivity contribution in [2.75, 3.05) is 6.61 Å². The topological polar surface area (TPSA) is 42.5 Å². The van der Waals surface area contributed by atoms with Crippen LogP contribution >= 0.6 is 0 Å². The minimum atomic E-state index is 0.0897. The van der Waals surface area contributed by atoms with Crippen LogP contribution in [0.4, 0.5) is 0 Å². The van der Waals surface area contributed by atoms with Gasteiger partial charge in [0.2, 0.25) is 5.78 Å². The minimum Gasteiger partial charge on any atom is -0.395 e. The Kier molecular flexibility index (Phi) is 2.98. The number of fused-ring (bicyclic) bond motifs is 3. The van der Waals surface area contributed by atoms with Crippen LogP contribution in [0.1, 0.15) is 5.56 Å².